The molecular weight excluding hydrogens is 417 g/mol. The fourth-order valence-electron chi connectivity index (χ4n) is 3.93. The van der Waals surface area contributed by atoms with Crippen LogP contribution in [0.2, 0.25) is 0 Å². The number of fused-ring (bicyclic) bond motifs is 1. The van der Waals surface area contributed by atoms with Crippen LogP contribution in [-0.4, -0.2) is 51.8 Å². The minimum absolute atomic E-state index is 0. The summed E-state index contributed by atoms with van der Waals surface area (Å²) >= 11 is 1.35. The van der Waals surface area contributed by atoms with E-state index < -0.39 is 5.97 Å². The molecule has 1 atom stereocenters. The number of carboxylic acid groups (broad SMARTS) is 1. The maximum atomic E-state index is 10.9. The normalized spacial score (nSPS) is 16.9. The summed E-state index contributed by atoms with van der Waals surface area (Å²) in [5, 5.41) is 10.3. The van der Waals surface area contributed by atoms with E-state index in [-0.39, 0.29) is 18.9 Å². The molecule has 0 aliphatic carbocycles. The number of carbonyl (C=O) groups excluding carboxylic acids is 1. The minimum atomic E-state index is -0.894. The number of nitrogens with zero attached hydrogens (tertiary/aromatic N) is 3. The van der Waals surface area contributed by atoms with E-state index in [0.717, 1.165) is 22.6 Å². The van der Waals surface area contributed by atoms with Gasteiger partial charge in [0.25, 0.3) is 0 Å². The molecule has 0 bridgehead atoms. The van der Waals surface area contributed by atoms with Gasteiger partial charge in [-0.1, -0.05) is 24.4 Å². The van der Waals surface area contributed by atoms with Gasteiger partial charge in [0.2, 0.25) is 0 Å². The third-order valence-electron chi connectivity index (χ3n) is 5.77. The molecule has 4 rings (SSSR count). The van der Waals surface area contributed by atoms with Gasteiger partial charge in [-0.3, -0.25) is 0 Å². The Morgan fingerprint density at radius 1 is 1.31 bits per heavy atom. The molecule has 166 valence electrons. The van der Waals surface area contributed by atoms with E-state index in [4.69, 9.17) is 5.11 Å². The molecule has 4 heterocycles. The molecular formula is C24H28LiN3O3S-2. The summed E-state index contributed by atoms with van der Waals surface area (Å²) in [6.45, 7) is 9.69. The van der Waals surface area contributed by atoms with E-state index >= 15 is 0 Å². The number of rotatable bonds is 4. The van der Waals surface area contributed by atoms with Crippen LogP contribution in [0.15, 0.2) is 29.9 Å². The number of carbonyl (C=O) groups is 1. The van der Waals surface area contributed by atoms with Crippen molar-refractivity contribution in [1.82, 2.24) is 14.3 Å². The molecule has 8 heteroatoms. The molecule has 3 aromatic heterocycles. The molecule has 0 spiro atoms. The second-order valence-electron chi connectivity index (χ2n) is 7.83. The summed E-state index contributed by atoms with van der Waals surface area (Å²) in [4.78, 5) is 28.9. The predicted octanol–water partition coefficient (Wildman–Crippen LogP) is 1.39. The van der Waals surface area contributed by atoms with Gasteiger partial charge < -0.3 is 31.1 Å². The van der Waals surface area contributed by atoms with E-state index in [1.165, 1.54) is 49.1 Å². The largest absolute Gasteiger partial charge is 1.00 e. The van der Waals surface area contributed by atoms with Gasteiger partial charge in [-0.25, -0.2) is 18.1 Å². The summed E-state index contributed by atoms with van der Waals surface area (Å²) in [6.07, 6.45) is 11.0. The van der Waals surface area contributed by atoms with Gasteiger partial charge in [0.15, 0.2) is 0 Å². The van der Waals surface area contributed by atoms with Crippen LogP contribution < -0.4 is 18.9 Å². The van der Waals surface area contributed by atoms with Crippen molar-refractivity contribution in [2.75, 3.05) is 20.1 Å². The Hall–Kier alpha value is -2.04. The molecule has 0 aromatic carbocycles. The number of hydrogen-bond acceptors (Lipinski definition) is 5. The quantitative estimate of drug-likeness (QED) is 0.485. The molecule has 6 nitrogen and oxygen atoms in total. The van der Waals surface area contributed by atoms with Crippen molar-refractivity contribution in [2.45, 2.75) is 38.0 Å². The first-order valence-corrected chi connectivity index (χ1v) is 11.3. The number of imidazole rings is 1. The summed E-state index contributed by atoms with van der Waals surface area (Å²) in [5.41, 5.74) is 3.72. The molecule has 1 fully saturated rings. The second-order valence-corrected chi connectivity index (χ2v) is 8.79. The van der Waals surface area contributed by atoms with Gasteiger partial charge in [-0.05, 0) is 67.9 Å². The number of thiophene rings is 1. The van der Waals surface area contributed by atoms with Crippen molar-refractivity contribution in [1.29, 1.82) is 0 Å². The van der Waals surface area contributed by atoms with E-state index in [1.54, 1.807) is 11.6 Å². The van der Waals surface area contributed by atoms with E-state index in [9.17, 15) is 9.59 Å². The Balaban J connectivity index is 0.000000259. The van der Waals surface area contributed by atoms with Crippen LogP contribution in [-0.2, 0) is 11.2 Å². The molecule has 0 amide bonds. The van der Waals surface area contributed by atoms with E-state index in [1.807, 2.05) is 16.8 Å². The van der Waals surface area contributed by atoms with Crippen LogP contribution in [0.1, 0.15) is 63.7 Å². The zero-order valence-corrected chi connectivity index (χ0v) is 19.7. The van der Waals surface area contributed by atoms with Crippen molar-refractivity contribution in [3.05, 3.63) is 71.0 Å². The monoisotopic (exact) mass is 445 g/mol. The van der Waals surface area contributed by atoms with Gasteiger partial charge >= 0.3 is 24.8 Å². The van der Waals surface area contributed by atoms with E-state index in [2.05, 4.69) is 43.0 Å². The van der Waals surface area contributed by atoms with Crippen LogP contribution >= 0.6 is 11.3 Å². The minimum Gasteiger partial charge on any atom is -0.479 e. The molecule has 3 aromatic rings. The first-order chi connectivity index (χ1) is 14.9. The van der Waals surface area contributed by atoms with Crippen molar-refractivity contribution >= 4 is 29.2 Å². The molecule has 1 N–H and O–H groups in total. The maximum Gasteiger partial charge on any atom is 1.00 e. The number of aromatic nitrogens is 2. The summed E-state index contributed by atoms with van der Waals surface area (Å²) < 4.78 is 1.85. The average molecular weight is 446 g/mol. The topological polar surface area (TPSA) is 74.9 Å². The predicted molar refractivity (Wildman–Crippen MR) is 123 cm³/mol. The average Bonchev–Trinajstić information content (AvgIpc) is 3.33. The zero-order chi connectivity index (χ0) is 22.4. The fourth-order valence-corrected chi connectivity index (χ4v) is 4.79. The summed E-state index contributed by atoms with van der Waals surface area (Å²) in [7, 11) is 2.20. The fraction of sp³-hybridized carbons (Fsp3) is 0.375. The van der Waals surface area contributed by atoms with Crippen molar-refractivity contribution in [2.24, 2.45) is 0 Å². The molecule has 32 heavy (non-hydrogen) atoms. The van der Waals surface area contributed by atoms with Crippen molar-refractivity contribution in [3.8, 4) is 0 Å². The standard InChI is InChI=1S/C16H20N3O.C8H8O2S.Li/c1-18-8-3-2-4-13(7-9-18)14-5-6-16-17-10-15(12-20)19(16)11-14;1-3-6-5(2)11-4-7(6)8(9)10;/h5-6,10-11,13H,2-4,7-9H2,1H3;4H,1-3H2,(H,9,10);/q-1;-2;+1. The first kappa shape index (κ1) is 26.2. The van der Waals surface area contributed by atoms with Crippen LogP contribution in [0.3, 0.4) is 0 Å². The summed E-state index contributed by atoms with van der Waals surface area (Å²) in [6, 6.07) is 4.15. The van der Waals surface area contributed by atoms with Crippen LogP contribution in [0.25, 0.3) is 5.65 Å². The number of pyridine rings is 1. The maximum absolute atomic E-state index is 10.9. The van der Waals surface area contributed by atoms with Gasteiger partial charge in [-0.2, -0.15) is 16.9 Å². The number of likely N-dealkylation sites (tertiary alicyclic amines) is 1. The summed E-state index contributed by atoms with van der Waals surface area (Å²) in [5.74, 6) is -0.321. The Morgan fingerprint density at radius 3 is 2.75 bits per heavy atom. The molecule has 0 radical (unpaired) electrons. The van der Waals surface area contributed by atoms with Crippen LogP contribution in [0, 0.1) is 13.8 Å². The molecule has 1 aliphatic rings. The molecule has 1 unspecified atom stereocenters. The van der Waals surface area contributed by atoms with Crippen LogP contribution in [0.4, 0.5) is 0 Å². The van der Waals surface area contributed by atoms with Crippen LogP contribution in [0.5, 0.6) is 0 Å². The Morgan fingerprint density at radius 2 is 2.09 bits per heavy atom. The van der Waals surface area contributed by atoms with Crippen molar-refractivity contribution in [3.63, 3.8) is 0 Å². The zero-order valence-electron chi connectivity index (χ0n) is 18.8. The van der Waals surface area contributed by atoms with Gasteiger partial charge in [0, 0.05) is 12.5 Å². The molecule has 1 saturated heterocycles. The Labute approximate surface area is 205 Å². The number of aromatic carboxylic acids is 1. The number of carboxylic acids is 1. The van der Waals surface area contributed by atoms with Gasteiger partial charge in [0.05, 0.1) is 0 Å². The Kier molecular flexibility index (Phi) is 10.0. The first-order valence-electron chi connectivity index (χ1n) is 10.4. The third-order valence-corrected chi connectivity index (χ3v) is 6.65. The van der Waals surface area contributed by atoms with Crippen molar-refractivity contribution < 1.29 is 33.6 Å². The second kappa shape index (κ2) is 12.3. The molecule has 0 saturated carbocycles. The number of hydrogen-bond donors (Lipinski definition) is 1. The smallest absolute Gasteiger partial charge is 0.479 e. The van der Waals surface area contributed by atoms with Gasteiger partial charge in [0.1, 0.15) is 5.65 Å². The van der Waals surface area contributed by atoms with E-state index in [0.29, 0.717) is 23.6 Å². The third kappa shape index (κ3) is 6.26. The molecule has 1 aliphatic heterocycles. The SMILES string of the molecule is CN1CCCCC(c2ccc3ncc([C-]=O)n3c2)CC1.[CH2-]Cc1c(C(=O)O)csc1[CH2-].[Li+]. The van der Waals surface area contributed by atoms with Gasteiger partial charge in [-0.15, -0.1) is 4.88 Å². The Bertz CT molecular complexity index is 1050.